The number of nitriles is 1. The Morgan fingerprint density at radius 3 is 2.63 bits per heavy atom. The maximum Gasteiger partial charge on any atom is 0.250 e. The highest BCUT2D eigenvalue weighted by Crippen LogP contribution is 2.20. The average Bonchev–Trinajstić information content (AvgIpc) is 3.15. The molecule has 1 saturated heterocycles. The molecular weight excluding hydrogens is 373 g/mol. The van der Waals surface area contributed by atoms with Crippen LogP contribution in [0, 0.1) is 23.1 Å². The van der Waals surface area contributed by atoms with Gasteiger partial charge in [0.15, 0.2) is 5.37 Å². The smallest absolute Gasteiger partial charge is 0.250 e. The summed E-state index contributed by atoms with van der Waals surface area (Å²) in [6, 6.07) is 13.1. The van der Waals surface area contributed by atoms with Crippen LogP contribution in [0.5, 0.6) is 0 Å². The Labute approximate surface area is 155 Å². The van der Waals surface area contributed by atoms with Gasteiger partial charge < -0.3 is 5.32 Å². The van der Waals surface area contributed by atoms with E-state index in [4.69, 9.17) is 5.26 Å². The summed E-state index contributed by atoms with van der Waals surface area (Å²) < 4.78 is 40.6. The number of nitrogens with zero attached hydrogens (tertiary/aromatic N) is 1. The topological polar surface area (TPSA) is 123 Å². The molecule has 27 heavy (non-hydrogen) atoms. The highest BCUT2D eigenvalue weighted by Gasteiger charge is 2.41. The van der Waals surface area contributed by atoms with Crippen molar-refractivity contribution in [3.63, 3.8) is 0 Å². The highest BCUT2D eigenvalue weighted by molar-refractivity contribution is 7.93. The lowest BCUT2D eigenvalue weighted by molar-refractivity contribution is -0.119. The number of rotatable bonds is 5. The Morgan fingerprint density at radius 1 is 1.19 bits per heavy atom. The summed E-state index contributed by atoms with van der Waals surface area (Å²) in [5, 5.41) is 10.3. The van der Waals surface area contributed by atoms with E-state index in [2.05, 4.69) is 20.9 Å². The Balaban J connectivity index is 1.74. The summed E-state index contributed by atoms with van der Waals surface area (Å²) in [6.45, 7) is 0.0960. The standard InChI is InChI=1S/C17H16FN5O3S/c18-12-4-6-13(7-5-12)23-27(25,26)17-15(10-20-22-17)16(24)21-14-3-1-2-11(8-14)9-19/h1-8,15,17,20,22-23H,10H2,(H,21,24). The van der Waals surface area contributed by atoms with E-state index in [-0.39, 0.29) is 12.2 Å². The molecule has 3 rings (SSSR count). The van der Waals surface area contributed by atoms with Gasteiger partial charge in [0, 0.05) is 17.9 Å². The fraction of sp³-hybridized carbons (Fsp3) is 0.176. The lowest BCUT2D eigenvalue weighted by Crippen LogP contribution is -2.45. The molecule has 140 valence electrons. The summed E-state index contributed by atoms with van der Waals surface area (Å²) in [6.07, 6.45) is 0. The van der Waals surface area contributed by atoms with Crippen LogP contribution in [0.4, 0.5) is 15.8 Å². The molecule has 1 aliphatic rings. The van der Waals surface area contributed by atoms with Crippen molar-refractivity contribution in [1.29, 1.82) is 5.26 Å². The maximum atomic E-state index is 13.0. The first-order valence-electron chi connectivity index (χ1n) is 7.96. The molecule has 4 N–H and O–H groups in total. The number of carbonyl (C=O) groups excluding carboxylic acids is 1. The minimum Gasteiger partial charge on any atom is -0.326 e. The van der Waals surface area contributed by atoms with Gasteiger partial charge in [0.2, 0.25) is 5.91 Å². The number of hydrazine groups is 1. The monoisotopic (exact) mass is 389 g/mol. The molecule has 0 saturated carbocycles. The second-order valence-corrected chi connectivity index (χ2v) is 7.69. The third-order valence-corrected chi connectivity index (χ3v) is 5.60. The molecule has 2 unspecified atom stereocenters. The van der Waals surface area contributed by atoms with Gasteiger partial charge in [-0.2, -0.15) is 5.26 Å². The molecule has 0 bridgehead atoms. The van der Waals surface area contributed by atoms with E-state index in [1.54, 1.807) is 18.2 Å². The predicted octanol–water partition coefficient (Wildman–Crippen LogP) is 1.13. The van der Waals surface area contributed by atoms with Gasteiger partial charge >= 0.3 is 0 Å². The van der Waals surface area contributed by atoms with E-state index in [1.807, 2.05) is 6.07 Å². The van der Waals surface area contributed by atoms with Crippen LogP contribution in [-0.4, -0.2) is 26.2 Å². The Bertz CT molecular complexity index is 988. The van der Waals surface area contributed by atoms with Crippen LogP contribution in [-0.2, 0) is 14.8 Å². The van der Waals surface area contributed by atoms with Crippen molar-refractivity contribution in [1.82, 2.24) is 10.9 Å². The summed E-state index contributed by atoms with van der Waals surface area (Å²) >= 11 is 0. The third-order valence-electron chi connectivity index (χ3n) is 3.97. The van der Waals surface area contributed by atoms with E-state index in [0.29, 0.717) is 11.3 Å². The molecule has 2 atom stereocenters. The molecule has 2 aromatic rings. The van der Waals surface area contributed by atoms with Crippen molar-refractivity contribution in [3.05, 3.63) is 59.9 Å². The zero-order valence-electron chi connectivity index (χ0n) is 13.9. The second kappa shape index (κ2) is 7.71. The van der Waals surface area contributed by atoms with Gasteiger partial charge in [0.25, 0.3) is 10.0 Å². The quantitative estimate of drug-likeness (QED) is 0.608. The number of carbonyl (C=O) groups is 1. The number of benzene rings is 2. The van der Waals surface area contributed by atoms with Crippen LogP contribution >= 0.6 is 0 Å². The first-order valence-corrected chi connectivity index (χ1v) is 9.50. The summed E-state index contributed by atoms with van der Waals surface area (Å²) in [5.74, 6) is -1.93. The Morgan fingerprint density at radius 2 is 1.93 bits per heavy atom. The van der Waals surface area contributed by atoms with Crippen molar-refractivity contribution in [2.45, 2.75) is 5.37 Å². The summed E-state index contributed by atoms with van der Waals surface area (Å²) in [5.41, 5.74) is 6.21. The third kappa shape index (κ3) is 4.40. The van der Waals surface area contributed by atoms with Gasteiger partial charge in [-0.3, -0.25) is 14.9 Å². The van der Waals surface area contributed by atoms with Crippen LogP contribution < -0.4 is 20.9 Å². The highest BCUT2D eigenvalue weighted by atomic mass is 32.2. The van der Waals surface area contributed by atoms with Crippen LogP contribution in [0.3, 0.4) is 0 Å². The van der Waals surface area contributed by atoms with Crippen molar-refractivity contribution >= 4 is 27.3 Å². The molecule has 1 amide bonds. The normalized spacial score (nSPS) is 19.3. The number of halogens is 1. The van der Waals surface area contributed by atoms with E-state index < -0.39 is 33.0 Å². The molecule has 8 nitrogen and oxygen atoms in total. The Hall–Kier alpha value is -3.00. The second-order valence-electron chi connectivity index (χ2n) is 5.89. The number of sulfonamides is 1. The largest absolute Gasteiger partial charge is 0.326 e. The van der Waals surface area contributed by atoms with Crippen LogP contribution in [0.2, 0.25) is 0 Å². The fourth-order valence-electron chi connectivity index (χ4n) is 2.65. The Kier molecular flexibility index (Phi) is 5.36. The molecule has 0 radical (unpaired) electrons. The van der Waals surface area contributed by atoms with E-state index in [0.717, 1.165) is 12.1 Å². The number of amides is 1. The first-order chi connectivity index (χ1) is 12.9. The summed E-state index contributed by atoms with van der Waals surface area (Å²) in [4.78, 5) is 12.6. The molecule has 0 spiro atoms. The van der Waals surface area contributed by atoms with Gasteiger partial charge in [-0.15, -0.1) is 0 Å². The molecular formula is C17H16FN5O3S. The van der Waals surface area contributed by atoms with Gasteiger partial charge in [-0.1, -0.05) is 6.07 Å². The number of hydrogen-bond acceptors (Lipinski definition) is 6. The van der Waals surface area contributed by atoms with Crippen LogP contribution in [0.25, 0.3) is 0 Å². The SMILES string of the molecule is N#Cc1cccc(NC(=O)C2CNNC2S(=O)(=O)Nc2ccc(F)cc2)c1. The van der Waals surface area contributed by atoms with Crippen molar-refractivity contribution in [3.8, 4) is 6.07 Å². The zero-order chi connectivity index (χ0) is 19.4. The van der Waals surface area contributed by atoms with E-state index in [9.17, 15) is 17.6 Å². The van der Waals surface area contributed by atoms with E-state index in [1.165, 1.54) is 18.2 Å². The lowest BCUT2D eigenvalue weighted by atomic mass is 10.1. The van der Waals surface area contributed by atoms with Crippen LogP contribution in [0.1, 0.15) is 5.56 Å². The van der Waals surface area contributed by atoms with Crippen LogP contribution in [0.15, 0.2) is 48.5 Å². The number of hydrogen-bond donors (Lipinski definition) is 4. The van der Waals surface area contributed by atoms with Gasteiger partial charge in [0.05, 0.1) is 17.6 Å². The molecule has 0 aliphatic carbocycles. The molecule has 2 aromatic carbocycles. The van der Waals surface area contributed by atoms with E-state index >= 15 is 0 Å². The van der Waals surface area contributed by atoms with Gasteiger partial charge in [-0.25, -0.2) is 18.2 Å². The number of anilines is 2. The predicted molar refractivity (Wildman–Crippen MR) is 97.1 cm³/mol. The zero-order valence-corrected chi connectivity index (χ0v) is 14.8. The summed E-state index contributed by atoms with van der Waals surface area (Å²) in [7, 11) is -3.98. The van der Waals surface area contributed by atoms with Crippen molar-refractivity contribution in [2.24, 2.45) is 5.92 Å². The maximum absolute atomic E-state index is 13.0. The lowest BCUT2D eigenvalue weighted by Gasteiger charge is -2.19. The van der Waals surface area contributed by atoms with Gasteiger partial charge in [-0.05, 0) is 42.5 Å². The first kappa shape index (κ1) is 18.8. The number of nitrogens with one attached hydrogen (secondary N) is 4. The molecule has 1 fully saturated rings. The fourth-order valence-corrected chi connectivity index (χ4v) is 4.13. The molecule has 1 heterocycles. The van der Waals surface area contributed by atoms with Crippen molar-refractivity contribution < 1.29 is 17.6 Å². The van der Waals surface area contributed by atoms with Gasteiger partial charge in [0.1, 0.15) is 5.82 Å². The average molecular weight is 389 g/mol. The molecule has 10 heteroatoms. The molecule has 1 aliphatic heterocycles. The minimum atomic E-state index is -3.98. The minimum absolute atomic E-state index is 0.0960. The molecule has 0 aromatic heterocycles. The van der Waals surface area contributed by atoms with Crippen molar-refractivity contribution in [2.75, 3.05) is 16.6 Å².